The molecule has 0 saturated carbocycles. The summed E-state index contributed by atoms with van der Waals surface area (Å²) in [5.41, 5.74) is 3.56. The lowest BCUT2D eigenvalue weighted by Crippen LogP contribution is -2.61. The van der Waals surface area contributed by atoms with Crippen molar-refractivity contribution in [2.24, 2.45) is 17.3 Å². The zero-order valence-corrected chi connectivity index (χ0v) is 44.3. The molecule has 3 heterocycles. The van der Waals surface area contributed by atoms with Crippen molar-refractivity contribution in [2.45, 2.75) is 199 Å². The Balaban J connectivity index is 1.51. The van der Waals surface area contributed by atoms with E-state index in [-0.39, 0.29) is 30.7 Å². The Bertz CT molecular complexity index is 1990. The van der Waals surface area contributed by atoms with Gasteiger partial charge in [-0.15, -0.1) is 0 Å². The lowest BCUT2D eigenvalue weighted by atomic mass is 9.77. The number of fused-ring (bicyclic) bond motifs is 1. The molecule has 434 valence electrons. The predicted molar refractivity (Wildman–Crippen MR) is 263 cm³/mol. The predicted octanol–water partition coefficient (Wildman–Crippen LogP) is 0.393. The van der Waals surface area contributed by atoms with Gasteiger partial charge in [-0.2, -0.15) is 0 Å². The fourth-order valence-electron chi connectivity index (χ4n) is 9.25. The number of aliphatic hydroxyl groups excluding tert-OH is 16. The van der Waals surface area contributed by atoms with Crippen LogP contribution in [0.3, 0.4) is 0 Å². The number of benzene rings is 1. The van der Waals surface area contributed by atoms with Crippen LogP contribution in [0.25, 0.3) is 0 Å². The Kier molecular flexibility index (Phi) is 24.5. The van der Waals surface area contributed by atoms with Gasteiger partial charge in [-0.3, -0.25) is 0 Å². The van der Waals surface area contributed by atoms with E-state index in [4.69, 9.17) is 43.0 Å². The van der Waals surface area contributed by atoms with Gasteiger partial charge < -0.3 is 120 Å². The molecule has 0 bridgehead atoms. The molecule has 0 amide bonds. The second-order valence-corrected chi connectivity index (χ2v) is 21.4. The molecule has 24 nitrogen and oxygen atoms in total. The summed E-state index contributed by atoms with van der Waals surface area (Å²) in [6.45, 7) is 13.1. The molecule has 75 heavy (non-hydrogen) atoms. The van der Waals surface area contributed by atoms with Crippen LogP contribution in [0.2, 0.25) is 0 Å². The first-order valence-corrected chi connectivity index (χ1v) is 25.5. The van der Waals surface area contributed by atoms with Gasteiger partial charge in [-0.05, 0) is 87.8 Å². The molecule has 0 aromatic heterocycles. The first kappa shape index (κ1) is 64.3. The average Bonchev–Trinajstić information content (AvgIpc) is 3.37. The third-order valence-corrected chi connectivity index (χ3v) is 14.5. The molecule has 3 aliphatic rings. The van der Waals surface area contributed by atoms with Crippen LogP contribution in [-0.4, -0.2) is 220 Å². The van der Waals surface area contributed by atoms with Crippen LogP contribution in [0.15, 0.2) is 23.0 Å². The first-order chi connectivity index (χ1) is 35.1. The van der Waals surface area contributed by atoms with E-state index in [2.05, 4.69) is 34.6 Å². The molecular formula is C51H86O24. The van der Waals surface area contributed by atoms with E-state index >= 15 is 0 Å². The normalized spacial score (nSPS) is 30.5. The summed E-state index contributed by atoms with van der Waals surface area (Å²) in [6, 6.07) is 0. The minimum atomic E-state index is -2.40. The summed E-state index contributed by atoms with van der Waals surface area (Å²) in [5.74, 6) is -3.49. The van der Waals surface area contributed by atoms with Crippen LogP contribution in [0.5, 0.6) is 11.5 Å². The van der Waals surface area contributed by atoms with Crippen molar-refractivity contribution in [3.8, 4) is 11.5 Å². The zero-order chi connectivity index (χ0) is 56.3. The monoisotopic (exact) mass is 1080 g/mol. The van der Waals surface area contributed by atoms with Gasteiger partial charge in [0.1, 0.15) is 77.8 Å². The van der Waals surface area contributed by atoms with Crippen LogP contribution >= 0.6 is 0 Å². The van der Waals surface area contributed by atoms with Crippen molar-refractivity contribution in [1.29, 1.82) is 0 Å². The van der Waals surface area contributed by atoms with Gasteiger partial charge in [0.25, 0.3) is 0 Å². The number of ether oxygens (including phenoxy) is 8. The molecule has 0 radical (unpaired) electrons. The highest BCUT2D eigenvalue weighted by Gasteiger charge is 2.48. The molecule has 24 heteroatoms. The van der Waals surface area contributed by atoms with E-state index in [0.29, 0.717) is 11.7 Å². The van der Waals surface area contributed by atoms with Gasteiger partial charge in [0.2, 0.25) is 12.6 Å². The molecule has 3 aliphatic heterocycles. The minimum Gasteiger partial charge on any atom is -0.509 e. The number of hydrogen-bond acceptors (Lipinski definition) is 24. The molecular weight excluding hydrogens is 997 g/mol. The van der Waals surface area contributed by atoms with Crippen molar-refractivity contribution in [2.75, 3.05) is 46.2 Å². The van der Waals surface area contributed by atoms with Gasteiger partial charge >= 0.3 is 0 Å². The van der Waals surface area contributed by atoms with Crippen molar-refractivity contribution >= 4 is 0 Å². The molecule has 16 N–H and O–H groups in total. The molecule has 17 atom stereocenters. The molecule has 1 aromatic carbocycles. The summed E-state index contributed by atoms with van der Waals surface area (Å²) in [6.07, 6.45) is -21.4. The minimum absolute atomic E-state index is 0.0118. The van der Waals surface area contributed by atoms with Crippen molar-refractivity contribution in [3.05, 3.63) is 45.3 Å². The van der Waals surface area contributed by atoms with Gasteiger partial charge in [0.05, 0.1) is 45.7 Å². The Labute approximate surface area is 437 Å². The van der Waals surface area contributed by atoms with Gasteiger partial charge in [0, 0.05) is 30.9 Å². The van der Waals surface area contributed by atoms with E-state index < -0.39 is 161 Å². The van der Waals surface area contributed by atoms with Crippen LogP contribution in [0, 0.1) is 38.0 Å². The maximum absolute atomic E-state index is 11.1. The number of hydrogen-bond donors (Lipinski definition) is 16. The van der Waals surface area contributed by atoms with Gasteiger partial charge in [-0.25, -0.2) is 0 Å². The van der Waals surface area contributed by atoms with Crippen LogP contribution in [-0.2, 0) is 34.8 Å². The number of rotatable bonds is 28. The summed E-state index contributed by atoms with van der Waals surface area (Å²) in [7, 11) is 0. The molecule has 0 spiro atoms. The van der Waals surface area contributed by atoms with E-state index in [9.17, 15) is 76.6 Å². The lowest BCUT2D eigenvalue weighted by molar-refractivity contribution is -0.324. The van der Waals surface area contributed by atoms with E-state index in [0.717, 1.165) is 60.1 Å². The van der Waals surface area contributed by atoms with Gasteiger partial charge in [0.15, 0.2) is 29.9 Å². The largest absolute Gasteiger partial charge is 0.509 e. The highest BCUT2D eigenvalue weighted by Crippen LogP contribution is 2.46. The van der Waals surface area contributed by atoms with E-state index in [1.165, 1.54) is 0 Å². The topological polar surface area (TPSA) is 398 Å². The maximum Gasteiger partial charge on any atom is 0.218 e. The fraction of sp³-hybridized carbons (Fsp3) is 0.804. The Morgan fingerprint density at radius 1 is 0.720 bits per heavy atom. The second kappa shape index (κ2) is 28.6. The van der Waals surface area contributed by atoms with Crippen LogP contribution in [0.4, 0.5) is 0 Å². The van der Waals surface area contributed by atoms with Crippen LogP contribution in [0.1, 0.15) is 102 Å². The zero-order valence-electron chi connectivity index (χ0n) is 44.3. The van der Waals surface area contributed by atoms with Gasteiger partial charge in [-0.1, -0.05) is 34.1 Å². The molecule has 0 aliphatic carbocycles. The Morgan fingerprint density at radius 2 is 1.36 bits per heavy atom. The highest BCUT2D eigenvalue weighted by atomic mass is 16.7. The Hall–Kier alpha value is -3.22. The smallest absolute Gasteiger partial charge is 0.218 e. The third kappa shape index (κ3) is 16.7. The first-order valence-electron chi connectivity index (χ1n) is 25.5. The van der Waals surface area contributed by atoms with Crippen LogP contribution < -0.4 is 9.47 Å². The lowest BCUT2D eigenvalue weighted by Gasteiger charge is -2.42. The highest BCUT2D eigenvalue weighted by molar-refractivity contribution is 5.59. The van der Waals surface area contributed by atoms with Crippen molar-refractivity contribution < 1.29 is 120 Å². The molecule has 2 fully saturated rings. The quantitative estimate of drug-likeness (QED) is 0.0399. The summed E-state index contributed by atoms with van der Waals surface area (Å²) in [4.78, 5) is 0. The summed E-state index contributed by atoms with van der Waals surface area (Å²) >= 11 is 0. The van der Waals surface area contributed by atoms with E-state index in [1.54, 1.807) is 0 Å². The molecule has 2 saturated heterocycles. The molecule has 10 unspecified atom stereocenters. The van der Waals surface area contributed by atoms with Crippen molar-refractivity contribution in [1.82, 2.24) is 0 Å². The molecule has 4 rings (SSSR count). The fourth-order valence-corrected chi connectivity index (χ4v) is 9.25. The summed E-state index contributed by atoms with van der Waals surface area (Å²) < 4.78 is 46.5. The maximum atomic E-state index is 11.1. The number of aliphatic hydroxyl groups is 16. The average molecular weight is 1080 g/mol. The second-order valence-electron chi connectivity index (χ2n) is 21.4. The third-order valence-electron chi connectivity index (χ3n) is 14.5. The van der Waals surface area contributed by atoms with Crippen molar-refractivity contribution in [3.63, 3.8) is 0 Å². The van der Waals surface area contributed by atoms with E-state index in [1.807, 2.05) is 20.8 Å². The SMILES string of the molecule is Cc1c(C)c2c(c(C)c1OCCC(CO[C@@H]1OC(CO)[C@@H](O[C@H](O)/C(O)=C(/O)[C@H](O)CCO)C(O)C1O)CO[C@H](O)/C(O)=C(/O)CC(CO)O[C@H]1OC(CO)[C@@H](O)C(O)C1O)CCC(C)(C(C)CCCC(C)(C)C)O2. The molecule has 1 aromatic rings. The summed E-state index contributed by atoms with van der Waals surface area (Å²) in [5, 5.41) is 165. The standard InChI is InChI=1S/C51H86O24/c1-24(10-9-14-50(5,6)7)51(8)15-11-30-27(4)43(25(2)26(3)44(30)75-51)68-17-13-28(22-69-46(66)36(59)32(57)18-29(19-53)71-49-41(64)38(61)37(60)33(20-54)72-49)23-70-48-42(65)39(62)45(34(21-55)73-48)74-47(67)40(63)35(58)31(56)12-16-52/h24,28-29,31,33-34,37-39,41-42,45-49,52-67H,9-23H2,1-8H3/b36-32-,40-35-/t24?,28?,29?,31-,33?,34?,37-,38?,39?,41?,42?,45-,46+,47+,48-,49+,51?/m1/s1. The Morgan fingerprint density at radius 3 is 1.97 bits per heavy atom.